The van der Waals surface area contributed by atoms with Crippen LogP contribution in [0.25, 0.3) is 0 Å². The molecule has 2 heterocycles. The number of hydrogen-bond donors (Lipinski definition) is 1. The number of nitrogens with zero attached hydrogens (tertiary/aromatic N) is 2. The number of anilines is 1. The molecule has 140 valence electrons. The minimum atomic E-state index is -3.43. The third-order valence-electron chi connectivity index (χ3n) is 4.92. The molecule has 1 aromatic carbocycles. The van der Waals surface area contributed by atoms with Gasteiger partial charge in [0.25, 0.3) is 0 Å². The minimum Gasteiger partial charge on any atom is -0.357 e. The summed E-state index contributed by atoms with van der Waals surface area (Å²) in [5, 5.41) is 0. The van der Waals surface area contributed by atoms with Gasteiger partial charge in [-0.05, 0) is 55.0 Å². The van der Waals surface area contributed by atoms with Gasteiger partial charge in [0.2, 0.25) is 10.0 Å². The molecule has 0 saturated carbocycles. The van der Waals surface area contributed by atoms with Crippen molar-refractivity contribution < 1.29 is 8.42 Å². The average molecular weight is 374 g/mol. The van der Waals surface area contributed by atoms with Gasteiger partial charge in [-0.15, -0.1) is 0 Å². The van der Waals surface area contributed by atoms with Crippen LogP contribution >= 0.6 is 0 Å². The number of aromatic nitrogens is 1. The van der Waals surface area contributed by atoms with Crippen molar-refractivity contribution >= 4 is 15.8 Å². The Morgan fingerprint density at radius 1 is 1.12 bits per heavy atom. The molecule has 0 amide bonds. The van der Waals surface area contributed by atoms with Gasteiger partial charge >= 0.3 is 0 Å². The summed E-state index contributed by atoms with van der Waals surface area (Å²) in [5.41, 5.74) is 1.17. The number of sulfonamides is 1. The highest BCUT2D eigenvalue weighted by Crippen LogP contribution is 2.21. The highest BCUT2D eigenvalue weighted by Gasteiger charge is 2.22. The second kappa shape index (κ2) is 8.64. The third kappa shape index (κ3) is 4.83. The van der Waals surface area contributed by atoms with Crippen molar-refractivity contribution in [1.29, 1.82) is 0 Å². The summed E-state index contributed by atoms with van der Waals surface area (Å²) in [7, 11) is -3.43. The Labute approximate surface area is 156 Å². The Balaban J connectivity index is 1.51. The first-order valence-corrected chi connectivity index (χ1v) is 10.8. The number of rotatable bonds is 7. The molecule has 1 saturated heterocycles. The van der Waals surface area contributed by atoms with Crippen LogP contribution in [0.1, 0.15) is 31.7 Å². The van der Waals surface area contributed by atoms with E-state index in [9.17, 15) is 8.42 Å². The van der Waals surface area contributed by atoms with E-state index in [4.69, 9.17) is 0 Å². The lowest BCUT2D eigenvalue weighted by Crippen LogP contribution is -2.39. The van der Waals surface area contributed by atoms with E-state index in [0.717, 1.165) is 44.6 Å². The van der Waals surface area contributed by atoms with Gasteiger partial charge in [-0.1, -0.05) is 31.5 Å². The zero-order chi connectivity index (χ0) is 18.4. The van der Waals surface area contributed by atoms with Crippen LogP contribution in [0.3, 0.4) is 0 Å². The number of aryl methyl sites for hydroxylation is 1. The quantitative estimate of drug-likeness (QED) is 0.809. The predicted octanol–water partition coefficient (Wildman–Crippen LogP) is 3.23. The minimum absolute atomic E-state index is 0.350. The van der Waals surface area contributed by atoms with Gasteiger partial charge < -0.3 is 4.90 Å². The van der Waals surface area contributed by atoms with E-state index in [1.54, 1.807) is 18.3 Å². The molecule has 1 N–H and O–H groups in total. The van der Waals surface area contributed by atoms with Gasteiger partial charge in [0.05, 0.1) is 4.90 Å². The molecule has 2 aromatic rings. The fourth-order valence-corrected chi connectivity index (χ4v) is 4.46. The first kappa shape index (κ1) is 18.9. The number of hydrogen-bond acceptors (Lipinski definition) is 4. The molecule has 0 unspecified atom stereocenters. The molecule has 0 spiro atoms. The van der Waals surface area contributed by atoms with E-state index < -0.39 is 10.0 Å². The summed E-state index contributed by atoms with van der Waals surface area (Å²) in [6, 6.07) is 13.2. The zero-order valence-corrected chi connectivity index (χ0v) is 16.1. The Morgan fingerprint density at radius 2 is 1.85 bits per heavy atom. The van der Waals surface area contributed by atoms with Gasteiger partial charge in [-0.3, -0.25) is 0 Å². The molecular formula is C20H27N3O2S. The van der Waals surface area contributed by atoms with Crippen LogP contribution in [0, 0.1) is 5.92 Å². The van der Waals surface area contributed by atoms with Crippen molar-refractivity contribution in [2.45, 2.75) is 37.5 Å². The van der Waals surface area contributed by atoms with Gasteiger partial charge in [0, 0.05) is 25.8 Å². The lowest BCUT2D eigenvalue weighted by Gasteiger charge is -2.32. The fraction of sp³-hybridized carbons (Fsp3) is 0.450. The van der Waals surface area contributed by atoms with E-state index in [-0.39, 0.29) is 0 Å². The molecule has 0 bridgehead atoms. The zero-order valence-electron chi connectivity index (χ0n) is 15.3. The highest BCUT2D eigenvalue weighted by molar-refractivity contribution is 7.89. The standard InChI is InChI=1S/C20H27N3O2S/c1-2-5-17-7-9-19(10-8-17)26(24,25)22-16-18-11-14-23(15-12-18)20-6-3-4-13-21-20/h3-4,6-10,13,18,22H,2,5,11-12,14-16H2,1H3. The normalized spacial score (nSPS) is 16.0. The smallest absolute Gasteiger partial charge is 0.240 e. The molecule has 3 rings (SSSR count). The summed E-state index contributed by atoms with van der Waals surface area (Å²) in [5.74, 6) is 1.36. The average Bonchev–Trinajstić information content (AvgIpc) is 2.68. The molecule has 0 radical (unpaired) electrons. The SMILES string of the molecule is CCCc1ccc(S(=O)(=O)NCC2CCN(c3ccccn3)CC2)cc1. The van der Waals surface area contributed by atoms with Gasteiger partial charge in [-0.2, -0.15) is 0 Å². The van der Waals surface area contributed by atoms with Crippen LogP contribution < -0.4 is 9.62 Å². The maximum Gasteiger partial charge on any atom is 0.240 e. The maximum atomic E-state index is 12.5. The summed E-state index contributed by atoms with van der Waals surface area (Å²) in [6.45, 7) is 4.44. The monoisotopic (exact) mass is 373 g/mol. The largest absolute Gasteiger partial charge is 0.357 e. The van der Waals surface area contributed by atoms with Crippen LogP contribution in [0.5, 0.6) is 0 Å². The van der Waals surface area contributed by atoms with E-state index in [1.807, 2.05) is 30.3 Å². The van der Waals surface area contributed by atoms with Crippen LogP contribution in [-0.2, 0) is 16.4 Å². The summed E-state index contributed by atoms with van der Waals surface area (Å²) in [6.07, 6.45) is 5.77. The van der Waals surface area contributed by atoms with Crippen molar-refractivity contribution in [3.8, 4) is 0 Å². The van der Waals surface area contributed by atoms with Crippen molar-refractivity contribution in [3.63, 3.8) is 0 Å². The summed E-state index contributed by atoms with van der Waals surface area (Å²) in [4.78, 5) is 7.00. The van der Waals surface area contributed by atoms with Crippen LogP contribution in [0.15, 0.2) is 53.6 Å². The number of nitrogens with one attached hydrogen (secondary N) is 1. The van der Waals surface area contributed by atoms with Crippen LogP contribution in [0.2, 0.25) is 0 Å². The lowest BCUT2D eigenvalue weighted by molar-refractivity contribution is 0.400. The van der Waals surface area contributed by atoms with Gasteiger partial charge in [0.15, 0.2) is 0 Å². The molecule has 1 aromatic heterocycles. The molecule has 0 atom stereocenters. The van der Waals surface area contributed by atoms with Crippen LogP contribution in [-0.4, -0.2) is 33.0 Å². The van der Waals surface area contributed by atoms with Crippen LogP contribution in [0.4, 0.5) is 5.82 Å². The van der Waals surface area contributed by atoms with Gasteiger partial charge in [0.1, 0.15) is 5.82 Å². The number of pyridine rings is 1. The predicted molar refractivity (Wildman–Crippen MR) is 105 cm³/mol. The number of piperidine rings is 1. The molecule has 26 heavy (non-hydrogen) atoms. The molecule has 5 nitrogen and oxygen atoms in total. The van der Waals surface area contributed by atoms with Crippen molar-refractivity contribution in [2.75, 3.05) is 24.5 Å². The van der Waals surface area contributed by atoms with Gasteiger partial charge in [-0.25, -0.2) is 18.1 Å². The van der Waals surface area contributed by atoms with Crippen molar-refractivity contribution in [1.82, 2.24) is 9.71 Å². The second-order valence-electron chi connectivity index (χ2n) is 6.86. The van der Waals surface area contributed by atoms with E-state index in [0.29, 0.717) is 17.4 Å². The topological polar surface area (TPSA) is 62.3 Å². The first-order chi connectivity index (χ1) is 12.6. The third-order valence-corrected chi connectivity index (χ3v) is 6.36. The van der Waals surface area contributed by atoms with Crippen molar-refractivity contribution in [3.05, 3.63) is 54.2 Å². The van der Waals surface area contributed by atoms with E-state index in [2.05, 4.69) is 21.5 Å². The molecular weight excluding hydrogens is 346 g/mol. The molecule has 6 heteroatoms. The Kier molecular flexibility index (Phi) is 6.27. The summed E-state index contributed by atoms with van der Waals surface area (Å²) >= 11 is 0. The fourth-order valence-electron chi connectivity index (χ4n) is 3.34. The highest BCUT2D eigenvalue weighted by atomic mass is 32.2. The lowest BCUT2D eigenvalue weighted by atomic mass is 9.97. The molecule has 0 aliphatic carbocycles. The second-order valence-corrected chi connectivity index (χ2v) is 8.63. The Bertz CT molecular complexity index is 784. The molecule has 1 aliphatic rings. The molecule has 1 fully saturated rings. The summed E-state index contributed by atoms with van der Waals surface area (Å²) < 4.78 is 27.8. The Hall–Kier alpha value is -1.92. The Morgan fingerprint density at radius 3 is 2.46 bits per heavy atom. The number of benzene rings is 1. The maximum absolute atomic E-state index is 12.5. The molecule has 1 aliphatic heterocycles. The first-order valence-electron chi connectivity index (χ1n) is 9.33. The van der Waals surface area contributed by atoms with E-state index >= 15 is 0 Å². The van der Waals surface area contributed by atoms with Crippen molar-refractivity contribution in [2.24, 2.45) is 5.92 Å². The van der Waals surface area contributed by atoms with E-state index in [1.165, 1.54) is 5.56 Å².